The molecule has 0 radical (unpaired) electrons. The monoisotopic (exact) mass is 225 g/mol. The summed E-state index contributed by atoms with van der Waals surface area (Å²) in [5.41, 5.74) is -1.26. The maximum atomic E-state index is 13.8. The summed E-state index contributed by atoms with van der Waals surface area (Å²) in [6.45, 7) is 0. The zero-order valence-corrected chi connectivity index (χ0v) is 8.59. The molecule has 0 unspecified atom stereocenters. The van der Waals surface area contributed by atoms with Gasteiger partial charge in [-0.15, -0.1) is 0 Å². The Kier molecular flexibility index (Phi) is 2.48. The van der Waals surface area contributed by atoms with Crippen LogP contribution in [0.3, 0.4) is 0 Å². The Morgan fingerprint density at radius 2 is 2.12 bits per heavy atom. The van der Waals surface area contributed by atoms with Crippen LogP contribution in [0.4, 0.5) is 8.78 Å². The molecule has 0 aromatic heterocycles. The highest BCUT2D eigenvalue weighted by atomic mass is 19.1. The van der Waals surface area contributed by atoms with Crippen LogP contribution >= 0.6 is 0 Å². The van der Waals surface area contributed by atoms with Crippen LogP contribution in [-0.4, -0.2) is 13.2 Å². The average Bonchev–Trinajstić information content (AvgIpc) is 2.99. The van der Waals surface area contributed by atoms with Crippen molar-refractivity contribution in [1.29, 1.82) is 0 Å². The summed E-state index contributed by atoms with van der Waals surface area (Å²) in [7, 11) is 1.29. The quantitative estimate of drug-likeness (QED) is 0.584. The Morgan fingerprint density at radius 1 is 1.44 bits per heavy atom. The van der Waals surface area contributed by atoms with Crippen LogP contribution in [0, 0.1) is 11.6 Å². The van der Waals surface area contributed by atoms with Crippen LogP contribution in [0.1, 0.15) is 18.4 Å². The van der Waals surface area contributed by atoms with E-state index in [0.717, 1.165) is 6.07 Å². The van der Waals surface area contributed by atoms with Crippen molar-refractivity contribution >= 4 is 6.08 Å². The van der Waals surface area contributed by atoms with Crippen LogP contribution < -0.4 is 4.74 Å². The highest BCUT2D eigenvalue weighted by Gasteiger charge is 2.49. The molecule has 16 heavy (non-hydrogen) atoms. The number of hydrogen-bond donors (Lipinski definition) is 0. The summed E-state index contributed by atoms with van der Waals surface area (Å²) < 4.78 is 32.1. The van der Waals surface area contributed by atoms with E-state index in [-0.39, 0.29) is 11.3 Å². The fourth-order valence-electron chi connectivity index (χ4n) is 1.74. The molecular formula is C11H9F2NO2. The van der Waals surface area contributed by atoms with Gasteiger partial charge in [0, 0.05) is 0 Å². The van der Waals surface area contributed by atoms with Gasteiger partial charge in [-0.1, -0.05) is 0 Å². The molecule has 1 saturated carbocycles. The molecule has 1 aliphatic rings. The lowest BCUT2D eigenvalue weighted by Crippen LogP contribution is -2.10. The first-order chi connectivity index (χ1) is 7.64. The predicted molar refractivity (Wildman–Crippen MR) is 51.9 cm³/mol. The van der Waals surface area contributed by atoms with Crippen molar-refractivity contribution < 1.29 is 18.3 Å². The van der Waals surface area contributed by atoms with Crippen LogP contribution in [0.25, 0.3) is 0 Å². The van der Waals surface area contributed by atoms with Gasteiger partial charge in [-0.2, -0.15) is 4.99 Å². The molecule has 0 saturated heterocycles. The van der Waals surface area contributed by atoms with Gasteiger partial charge in [-0.3, -0.25) is 0 Å². The summed E-state index contributed by atoms with van der Waals surface area (Å²) in [6, 6.07) is 2.31. The SMILES string of the molecule is COc1ccc(F)c(C2(N=C=O)CC2)c1F. The largest absolute Gasteiger partial charge is 0.494 e. The molecule has 3 nitrogen and oxygen atoms in total. The fourth-order valence-corrected chi connectivity index (χ4v) is 1.74. The highest BCUT2D eigenvalue weighted by Crippen LogP contribution is 2.51. The average molecular weight is 225 g/mol. The molecular weight excluding hydrogens is 216 g/mol. The highest BCUT2D eigenvalue weighted by molar-refractivity contribution is 5.45. The maximum absolute atomic E-state index is 13.8. The summed E-state index contributed by atoms with van der Waals surface area (Å²) in [5, 5.41) is 0. The minimum Gasteiger partial charge on any atom is -0.494 e. The Balaban J connectivity index is 2.60. The standard InChI is InChI=1S/C11H9F2NO2/c1-16-8-3-2-7(12)9(10(8)13)11(4-5-11)14-6-15/h2-3H,4-5H2,1H3. The van der Waals surface area contributed by atoms with Crippen molar-refractivity contribution in [1.82, 2.24) is 0 Å². The Labute approximate surface area is 90.8 Å². The number of carbonyl (C=O) groups excluding carboxylic acids is 1. The number of methoxy groups -OCH3 is 1. The molecule has 0 spiro atoms. The zero-order chi connectivity index (χ0) is 11.8. The molecule has 0 heterocycles. The first-order valence-electron chi connectivity index (χ1n) is 4.76. The van der Waals surface area contributed by atoms with E-state index in [1.165, 1.54) is 19.3 Å². The van der Waals surface area contributed by atoms with Crippen molar-refractivity contribution in [2.24, 2.45) is 4.99 Å². The van der Waals surface area contributed by atoms with Gasteiger partial charge in [-0.05, 0) is 25.0 Å². The van der Waals surface area contributed by atoms with Crippen molar-refractivity contribution in [3.63, 3.8) is 0 Å². The third kappa shape index (κ3) is 1.49. The minimum atomic E-state index is -1.07. The fraction of sp³-hybridized carbons (Fsp3) is 0.364. The number of hydrogen-bond acceptors (Lipinski definition) is 3. The predicted octanol–water partition coefficient (Wildman–Crippen LogP) is 2.30. The van der Waals surface area contributed by atoms with Crippen molar-refractivity contribution in [3.05, 3.63) is 29.3 Å². The van der Waals surface area contributed by atoms with E-state index < -0.39 is 17.2 Å². The molecule has 2 rings (SSSR count). The molecule has 1 fully saturated rings. The normalized spacial score (nSPS) is 16.4. The van der Waals surface area contributed by atoms with E-state index in [1.54, 1.807) is 0 Å². The molecule has 0 amide bonds. The molecule has 0 atom stereocenters. The third-order valence-corrected chi connectivity index (χ3v) is 2.72. The van der Waals surface area contributed by atoms with Gasteiger partial charge >= 0.3 is 0 Å². The number of halogens is 2. The van der Waals surface area contributed by atoms with Gasteiger partial charge in [-0.25, -0.2) is 13.6 Å². The van der Waals surface area contributed by atoms with Crippen molar-refractivity contribution in [2.45, 2.75) is 18.4 Å². The third-order valence-electron chi connectivity index (χ3n) is 2.72. The number of benzene rings is 1. The smallest absolute Gasteiger partial charge is 0.235 e. The summed E-state index contributed by atoms with van der Waals surface area (Å²) in [4.78, 5) is 13.7. The van der Waals surface area contributed by atoms with Crippen LogP contribution in [0.5, 0.6) is 5.75 Å². The molecule has 0 N–H and O–H groups in total. The number of aliphatic imine (C=N–C) groups is 1. The Bertz CT molecular complexity index is 477. The van der Waals surface area contributed by atoms with Gasteiger partial charge in [0.25, 0.3) is 0 Å². The zero-order valence-electron chi connectivity index (χ0n) is 8.59. The molecule has 5 heteroatoms. The summed E-state index contributed by atoms with van der Waals surface area (Å²) >= 11 is 0. The number of isocyanates is 1. The lowest BCUT2D eigenvalue weighted by atomic mass is 10.0. The summed E-state index contributed by atoms with van der Waals surface area (Å²) in [6.07, 6.45) is 2.26. The van der Waals surface area contributed by atoms with Crippen LogP contribution in [-0.2, 0) is 10.3 Å². The van der Waals surface area contributed by atoms with E-state index in [0.29, 0.717) is 12.8 Å². The number of nitrogens with zero attached hydrogens (tertiary/aromatic N) is 1. The van der Waals surface area contributed by atoms with Gasteiger partial charge < -0.3 is 4.74 Å². The molecule has 1 aromatic rings. The lowest BCUT2D eigenvalue weighted by Gasteiger charge is -2.12. The molecule has 1 aliphatic carbocycles. The molecule has 0 bridgehead atoms. The van der Waals surface area contributed by atoms with Crippen molar-refractivity contribution in [3.8, 4) is 5.75 Å². The first kappa shape index (κ1) is 10.8. The number of rotatable bonds is 3. The van der Waals surface area contributed by atoms with Gasteiger partial charge in [0.2, 0.25) is 6.08 Å². The topological polar surface area (TPSA) is 38.7 Å². The minimum absolute atomic E-state index is 0.0521. The number of ether oxygens (including phenoxy) is 1. The first-order valence-corrected chi connectivity index (χ1v) is 4.76. The molecule has 0 aliphatic heterocycles. The lowest BCUT2D eigenvalue weighted by molar-refractivity contribution is 0.377. The second-order valence-electron chi connectivity index (χ2n) is 3.67. The molecule has 84 valence electrons. The maximum Gasteiger partial charge on any atom is 0.235 e. The van der Waals surface area contributed by atoms with E-state index >= 15 is 0 Å². The second kappa shape index (κ2) is 3.68. The van der Waals surface area contributed by atoms with Gasteiger partial charge in [0.1, 0.15) is 11.4 Å². The van der Waals surface area contributed by atoms with E-state index in [4.69, 9.17) is 4.74 Å². The van der Waals surface area contributed by atoms with Crippen LogP contribution in [0.15, 0.2) is 17.1 Å². The Morgan fingerprint density at radius 3 is 2.62 bits per heavy atom. The van der Waals surface area contributed by atoms with E-state index in [2.05, 4.69) is 4.99 Å². The van der Waals surface area contributed by atoms with Crippen LogP contribution in [0.2, 0.25) is 0 Å². The summed E-state index contributed by atoms with van der Waals surface area (Å²) in [5.74, 6) is -1.56. The second-order valence-corrected chi connectivity index (χ2v) is 3.67. The van der Waals surface area contributed by atoms with Gasteiger partial charge in [0.05, 0.1) is 12.7 Å². The molecule has 1 aromatic carbocycles. The Hall–Kier alpha value is -1.74. The van der Waals surface area contributed by atoms with Crippen molar-refractivity contribution in [2.75, 3.05) is 7.11 Å². The van der Waals surface area contributed by atoms with E-state index in [1.807, 2.05) is 0 Å². The van der Waals surface area contributed by atoms with Gasteiger partial charge in [0.15, 0.2) is 11.6 Å². The van der Waals surface area contributed by atoms with E-state index in [9.17, 15) is 13.6 Å².